The maximum Gasteiger partial charge on any atom is 0.192 e. The molecule has 0 aliphatic carbocycles. The Morgan fingerprint density at radius 2 is 2.17 bits per heavy atom. The molecule has 1 aliphatic rings. The average molecular weight is 442 g/mol. The van der Waals surface area contributed by atoms with E-state index in [0.29, 0.717) is 5.75 Å². The SMILES string of the molecule is CCc1ccc(CC)c(C(=O)CSc2nnc(-c3cccs3)n2CC2CCCO2)c1. The van der Waals surface area contributed by atoms with Crippen LogP contribution in [0.4, 0.5) is 0 Å². The molecule has 0 amide bonds. The van der Waals surface area contributed by atoms with Crippen LogP contribution in [0.2, 0.25) is 0 Å². The molecule has 1 unspecified atom stereocenters. The third-order valence-corrected chi connectivity index (χ3v) is 7.30. The van der Waals surface area contributed by atoms with Crippen LogP contribution in [0.15, 0.2) is 40.9 Å². The van der Waals surface area contributed by atoms with Crippen LogP contribution < -0.4 is 0 Å². The summed E-state index contributed by atoms with van der Waals surface area (Å²) in [6.07, 6.45) is 4.11. The van der Waals surface area contributed by atoms with Gasteiger partial charge in [-0.3, -0.25) is 9.36 Å². The zero-order valence-electron chi connectivity index (χ0n) is 17.5. The number of carbonyl (C=O) groups is 1. The van der Waals surface area contributed by atoms with E-state index in [9.17, 15) is 4.79 Å². The zero-order valence-corrected chi connectivity index (χ0v) is 19.1. The fourth-order valence-electron chi connectivity index (χ4n) is 3.76. The van der Waals surface area contributed by atoms with Gasteiger partial charge in [-0.15, -0.1) is 21.5 Å². The summed E-state index contributed by atoms with van der Waals surface area (Å²) >= 11 is 3.12. The van der Waals surface area contributed by atoms with Gasteiger partial charge in [0.15, 0.2) is 16.8 Å². The molecule has 1 saturated heterocycles. The Balaban J connectivity index is 1.55. The number of thiophene rings is 1. The monoisotopic (exact) mass is 441 g/mol. The number of nitrogens with zero attached hydrogens (tertiary/aromatic N) is 3. The number of carbonyl (C=O) groups excluding carboxylic acids is 1. The molecule has 4 rings (SSSR count). The molecule has 1 fully saturated rings. The summed E-state index contributed by atoms with van der Waals surface area (Å²) in [4.78, 5) is 14.1. The van der Waals surface area contributed by atoms with Crippen LogP contribution in [0.25, 0.3) is 10.7 Å². The van der Waals surface area contributed by atoms with Crippen molar-refractivity contribution >= 4 is 28.9 Å². The van der Waals surface area contributed by atoms with Crippen molar-refractivity contribution in [2.75, 3.05) is 12.4 Å². The number of Topliss-reactive ketones (excluding diaryl/α,β-unsaturated/α-hetero) is 1. The minimum Gasteiger partial charge on any atom is -0.376 e. The highest BCUT2D eigenvalue weighted by Crippen LogP contribution is 2.29. The summed E-state index contributed by atoms with van der Waals surface area (Å²) < 4.78 is 7.98. The smallest absolute Gasteiger partial charge is 0.192 e. The molecule has 0 spiro atoms. The number of benzene rings is 1. The van der Waals surface area contributed by atoms with Crippen molar-refractivity contribution < 1.29 is 9.53 Å². The number of hydrogen-bond donors (Lipinski definition) is 0. The van der Waals surface area contributed by atoms with E-state index in [-0.39, 0.29) is 11.9 Å². The Kier molecular flexibility index (Phi) is 7.02. The molecule has 0 radical (unpaired) electrons. The van der Waals surface area contributed by atoms with Gasteiger partial charge in [-0.1, -0.05) is 43.8 Å². The average Bonchev–Trinajstić information content (AvgIpc) is 3.54. The zero-order chi connectivity index (χ0) is 20.9. The lowest BCUT2D eigenvalue weighted by Crippen LogP contribution is -2.17. The van der Waals surface area contributed by atoms with Crippen molar-refractivity contribution in [1.29, 1.82) is 0 Å². The van der Waals surface area contributed by atoms with Gasteiger partial charge in [-0.25, -0.2) is 0 Å². The lowest BCUT2D eigenvalue weighted by Gasteiger charge is -2.14. The topological polar surface area (TPSA) is 57.0 Å². The predicted molar refractivity (Wildman–Crippen MR) is 123 cm³/mol. The lowest BCUT2D eigenvalue weighted by atomic mass is 9.98. The summed E-state index contributed by atoms with van der Waals surface area (Å²) in [5, 5.41) is 11.7. The minimum atomic E-state index is 0.150. The van der Waals surface area contributed by atoms with Crippen molar-refractivity contribution in [2.24, 2.45) is 0 Å². The highest BCUT2D eigenvalue weighted by Gasteiger charge is 2.23. The van der Waals surface area contributed by atoms with Crippen molar-refractivity contribution in [2.45, 2.75) is 57.3 Å². The van der Waals surface area contributed by atoms with Gasteiger partial charge >= 0.3 is 0 Å². The first kappa shape index (κ1) is 21.3. The van der Waals surface area contributed by atoms with E-state index in [0.717, 1.165) is 65.8 Å². The molecular formula is C23H27N3O2S2. The largest absolute Gasteiger partial charge is 0.376 e. The van der Waals surface area contributed by atoms with E-state index in [4.69, 9.17) is 4.74 Å². The normalized spacial score (nSPS) is 16.3. The molecule has 1 atom stereocenters. The number of aromatic nitrogens is 3. The molecule has 3 heterocycles. The number of ether oxygens (including phenoxy) is 1. The lowest BCUT2D eigenvalue weighted by molar-refractivity contribution is 0.0953. The summed E-state index contributed by atoms with van der Waals surface area (Å²) in [6, 6.07) is 10.3. The van der Waals surface area contributed by atoms with E-state index >= 15 is 0 Å². The van der Waals surface area contributed by atoms with Crippen molar-refractivity contribution in [3.05, 3.63) is 52.4 Å². The van der Waals surface area contributed by atoms with Crippen LogP contribution in [0, 0.1) is 0 Å². The number of rotatable bonds is 9. The summed E-state index contributed by atoms with van der Waals surface area (Å²) in [5.74, 6) is 1.36. The number of aryl methyl sites for hydroxylation is 2. The first-order valence-corrected chi connectivity index (χ1v) is 12.4. The highest BCUT2D eigenvalue weighted by atomic mass is 32.2. The van der Waals surface area contributed by atoms with Gasteiger partial charge in [0, 0.05) is 12.2 Å². The van der Waals surface area contributed by atoms with Crippen LogP contribution in [0.3, 0.4) is 0 Å². The number of thioether (sulfide) groups is 1. The van der Waals surface area contributed by atoms with Crippen molar-refractivity contribution in [3.63, 3.8) is 0 Å². The van der Waals surface area contributed by atoms with Gasteiger partial charge in [-0.05, 0) is 54.3 Å². The first-order chi connectivity index (χ1) is 14.7. The van der Waals surface area contributed by atoms with Crippen LogP contribution in [0.5, 0.6) is 0 Å². The second-order valence-electron chi connectivity index (χ2n) is 7.44. The molecule has 1 aliphatic heterocycles. The Bertz CT molecular complexity index is 992. The van der Waals surface area contributed by atoms with Crippen LogP contribution in [-0.2, 0) is 24.1 Å². The van der Waals surface area contributed by atoms with Crippen molar-refractivity contribution in [3.8, 4) is 10.7 Å². The number of hydrogen-bond acceptors (Lipinski definition) is 6. The molecule has 0 saturated carbocycles. The Morgan fingerprint density at radius 1 is 1.27 bits per heavy atom. The molecule has 0 bridgehead atoms. The highest BCUT2D eigenvalue weighted by molar-refractivity contribution is 7.99. The summed E-state index contributed by atoms with van der Waals surface area (Å²) in [5.41, 5.74) is 3.15. The first-order valence-electron chi connectivity index (χ1n) is 10.6. The fraction of sp³-hybridized carbons (Fsp3) is 0.435. The standard InChI is InChI=1S/C23H27N3O2S2/c1-3-16-9-10-17(4-2)19(13-16)20(27)15-30-23-25-24-22(21-8-6-12-29-21)26(23)14-18-7-5-11-28-18/h6,8-10,12-13,18H,3-5,7,11,14-15H2,1-2H3. The predicted octanol–water partition coefficient (Wildman–Crippen LogP) is 5.29. The summed E-state index contributed by atoms with van der Waals surface area (Å²) in [6.45, 7) is 5.75. The van der Waals surface area contributed by atoms with Gasteiger partial charge in [0.25, 0.3) is 0 Å². The molecule has 2 aromatic heterocycles. The van der Waals surface area contributed by atoms with Gasteiger partial charge in [-0.2, -0.15) is 0 Å². The third kappa shape index (κ3) is 4.68. The van der Waals surface area contributed by atoms with E-state index < -0.39 is 0 Å². The molecular weight excluding hydrogens is 414 g/mol. The molecule has 7 heteroatoms. The van der Waals surface area contributed by atoms with Gasteiger partial charge in [0.2, 0.25) is 0 Å². The molecule has 158 valence electrons. The Labute approximate surface area is 185 Å². The Hall–Kier alpha value is -1.96. The second kappa shape index (κ2) is 9.90. The second-order valence-corrected chi connectivity index (χ2v) is 9.33. The molecule has 5 nitrogen and oxygen atoms in total. The maximum absolute atomic E-state index is 13.1. The van der Waals surface area contributed by atoms with Crippen molar-refractivity contribution in [1.82, 2.24) is 14.8 Å². The fourth-order valence-corrected chi connectivity index (χ4v) is 5.31. The van der Waals surface area contributed by atoms with Gasteiger partial charge in [0.05, 0.1) is 23.3 Å². The van der Waals surface area contributed by atoms with E-state index in [2.05, 4.69) is 52.9 Å². The maximum atomic E-state index is 13.1. The molecule has 1 aromatic carbocycles. The quantitative estimate of drug-likeness (QED) is 0.334. The third-order valence-electron chi connectivity index (χ3n) is 5.46. The molecule has 3 aromatic rings. The summed E-state index contributed by atoms with van der Waals surface area (Å²) in [7, 11) is 0. The van der Waals surface area contributed by atoms with Gasteiger partial charge < -0.3 is 4.74 Å². The van der Waals surface area contributed by atoms with Gasteiger partial charge in [0.1, 0.15) is 0 Å². The Morgan fingerprint density at radius 3 is 2.87 bits per heavy atom. The van der Waals surface area contributed by atoms with Crippen LogP contribution in [0.1, 0.15) is 48.2 Å². The van der Waals surface area contributed by atoms with Crippen LogP contribution >= 0.6 is 23.1 Å². The van der Waals surface area contributed by atoms with Crippen LogP contribution in [-0.4, -0.2) is 39.0 Å². The molecule has 0 N–H and O–H groups in total. The van der Waals surface area contributed by atoms with E-state index in [1.54, 1.807) is 11.3 Å². The minimum absolute atomic E-state index is 0.150. The van der Waals surface area contributed by atoms with E-state index in [1.807, 2.05) is 11.4 Å². The molecule has 30 heavy (non-hydrogen) atoms. The van der Waals surface area contributed by atoms with E-state index in [1.165, 1.54) is 17.3 Å². The number of ketones is 1.